The average Bonchev–Trinajstić information content (AvgIpc) is 3.26. The topological polar surface area (TPSA) is 85.3 Å². The van der Waals surface area contributed by atoms with Gasteiger partial charge in [0, 0.05) is 5.56 Å². The Labute approximate surface area is 169 Å². The fourth-order valence-corrected chi connectivity index (χ4v) is 3.49. The van der Waals surface area contributed by atoms with Gasteiger partial charge in [0.05, 0.1) is 17.3 Å². The van der Waals surface area contributed by atoms with E-state index in [0.717, 1.165) is 22.3 Å². The summed E-state index contributed by atoms with van der Waals surface area (Å²) in [7, 11) is 0. The highest BCUT2D eigenvalue weighted by atomic mass is 16.3. The third-order valence-electron chi connectivity index (χ3n) is 5.46. The van der Waals surface area contributed by atoms with E-state index in [1.54, 1.807) is 10.8 Å². The molecule has 3 heterocycles. The number of fused-ring (bicyclic) bond motifs is 3. The summed E-state index contributed by atoms with van der Waals surface area (Å²) < 4.78 is 7.36. The lowest BCUT2D eigenvalue weighted by Gasteiger charge is -2.22. The number of amides is 1. The van der Waals surface area contributed by atoms with Crippen molar-refractivity contribution in [3.63, 3.8) is 0 Å². The quantitative estimate of drug-likeness (QED) is 0.553. The smallest absolute Gasteiger partial charge is 0.231 e. The summed E-state index contributed by atoms with van der Waals surface area (Å²) in [6, 6.07) is 9.44. The van der Waals surface area contributed by atoms with Crippen LogP contribution in [0.5, 0.6) is 0 Å². The van der Waals surface area contributed by atoms with Gasteiger partial charge in [-0.15, -0.1) is 5.10 Å². The minimum absolute atomic E-state index is 0.0487. The molecule has 0 aliphatic carbocycles. The molecule has 2 unspecified atom stereocenters. The molecule has 29 heavy (non-hydrogen) atoms. The van der Waals surface area contributed by atoms with Crippen LogP contribution in [-0.2, 0) is 4.79 Å². The Bertz CT molecular complexity index is 1180. The number of carbonyl (C=O) groups excluding carboxylic acids is 1. The van der Waals surface area contributed by atoms with Crippen molar-refractivity contribution in [3.8, 4) is 0 Å². The number of aryl methyl sites for hydroxylation is 2. The highest BCUT2D eigenvalue weighted by Crippen LogP contribution is 2.28. The molecule has 2 atom stereocenters. The van der Waals surface area contributed by atoms with Crippen LogP contribution in [0, 0.1) is 19.8 Å². The normalized spacial score (nSPS) is 13.9. The summed E-state index contributed by atoms with van der Waals surface area (Å²) in [5.74, 6) is 1.20. The average molecular weight is 391 g/mol. The first-order valence-corrected chi connectivity index (χ1v) is 9.83. The molecule has 7 nitrogen and oxygen atoms in total. The zero-order chi connectivity index (χ0) is 20.7. The van der Waals surface area contributed by atoms with E-state index in [1.165, 1.54) is 0 Å². The summed E-state index contributed by atoms with van der Waals surface area (Å²) >= 11 is 0. The molecule has 1 aromatic carbocycles. The van der Waals surface area contributed by atoms with Crippen molar-refractivity contribution in [1.82, 2.24) is 24.9 Å². The minimum atomic E-state index is -0.308. The van der Waals surface area contributed by atoms with Crippen LogP contribution in [0.1, 0.15) is 55.4 Å². The van der Waals surface area contributed by atoms with Gasteiger partial charge in [0.1, 0.15) is 12.1 Å². The van der Waals surface area contributed by atoms with E-state index in [2.05, 4.69) is 15.4 Å². The van der Waals surface area contributed by atoms with Crippen LogP contribution < -0.4 is 5.32 Å². The van der Waals surface area contributed by atoms with Crippen LogP contribution >= 0.6 is 0 Å². The van der Waals surface area contributed by atoms with Crippen LogP contribution in [0.4, 0.5) is 0 Å². The lowest BCUT2D eigenvalue weighted by atomic mass is 9.98. The fraction of sp³-hybridized carbons (Fsp3) is 0.364. The second kappa shape index (κ2) is 7.31. The van der Waals surface area contributed by atoms with Crippen molar-refractivity contribution in [2.75, 3.05) is 0 Å². The van der Waals surface area contributed by atoms with Gasteiger partial charge in [-0.05, 0) is 32.3 Å². The van der Waals surface area contributed by atoms with Crippen molar-refractivity contribution >= 4 is 22.7 Å². The van der Waals surface area contributed by atoms with Crippen LogP contribution in [0.2, 0.25) is 0 Å². The van der Waals surface area contributed by atoms with E-state index in [4.69, 9.17) is 9.40 Å². The molecule has 0 bridgehead atoms. The number of benzene rings is 1. The Hall–Kier alpha value is -3.22. The van der Waals surface area contributed by atoms with E-state index in [0.29, 0.717) is 17.2 Å². The van der Waals surface area contributed by atoms with Crippen molar-refractivity contribution < 1.29 is 9.21 Å². The molecule has 1 amide bonds. The molecule has 4 rings (SSSR count). The Kier molecular flexibility index (Phi) is 4.82. The summed E-state index contributed by atoms with van der Waals surface area (Å²) in [6.07, 6.45) is 1.60. The molecule has 0 fully saturated rings. The summed E-state index contributed by atoms with van der Waals surface area (Å²) in [4.78, 5) is 22.0. The number of nitrogens with zero attached hydrogens (tertiary/aromatic N) is 4. The summed E-state index contributed by atoms with van der Waals surface area (Å²) in [5, 5.41) is 8.60. The fourth-order valence-electron chi connectivity index (χ4n) is 3.49. The van der Waals surface area contributed by atoms with Crippen LogP contribution in [0.25, 0.3) is 16.7 Å². The number of nitrogens with one attached hydrogen (secondary N) is 1. The summed E-state index contributed by atoms with van der Waals surface area (Å²) in [6.45, 7) is 9.90. The predicted octanol–water partition coefficient (Wildman–Crippen LogP) is 4.10. The molecule has 0 aliphatic rings. The third-order valence-corrected chi connectivity index (χ3v) is 5.46. The van der Waals surface area contributed by atoms with E-state index in [1.807, 2.05) is 65.0 Å². The number of aromatic nitrogens is 4. The van der Waals surface area contributed by atoms with Gasteiger partial charge in [0.2, 0.25) is 11.6 Å². The maximum atomic E-state index is 12.9. The van der Waals surface area contributed by atoms with Gasteiger partial charge in [-0.1, -0.05) is 44.2 Å². The number of rotatable bonds is 5. The van der Waals surface area contributed by atoms with Crippen LogP contribution in [-0.4, -0.2) is 25.5 Å². The molecule has 0 saturated heterocycles. The molecular weight excluding hydrogens is 366 g/mol. The molecule has 0 radical (unpaired) electrons. The Morgan fingerprint density at radius 2 is 1.86 bits per heavy atom. The molecule has 0 spiro atoms. The lowest BCUT2D eigenvalue weighted by molar-refractivity contribution is -0.123. The van der Waals surface area contributed by atoms with Gasteiger partial charge in [-0.25, -0.2) is 14.5 Å². The van der Waals surface area contributed by atoms with Gasteiger partial charge < -0.3 is 9.73 Å². The largest absolute Gasteiger partial charge is 0.443 e. The second-order valence-electron chi connectivity index (χ2n) is 7.81. The Balaban J connectivity index is 1.69. The van der Waals surface area contributed by atoms with Crippen molar-refractivity contribution in [2.24, 2.45) is 5.92 Å². The third kappa shape index (κ3) is 3.37. The first kappa shape index (κ1) is 19.1. The van der Waals surface area contributed by atoms with Gasteiger partial charge >= 0.3 is 0 Å². The highest BCUT2D eigenvalue weighted by molar-refractivity contribution is 5.91. The zero-order valence-corrected chi connectivity index (χ0v) is 17.3. The van der Waals surface area contributed by atoms with E-state index in [-0.39, 0.29) is 23.8 Å². The highest BCUT2D eigenvalue weighted by Gasteiger charge is 2.27. The van der Waals surface area contributed by atoms with Crippen molar-refractivity contribution in [3.05, 3.63) is 59.4 Å². The van der Waals surface area contributed by atoms with Crippen molar-refractivity contribution in [2.45, 2.75) is 46.6 Å². The standard InChI is InChI=1S/C22H25N5O2/c1-12(2)18(24-21(28)14(4)16-9-7-6-8-10-16)19-25-20-17-13(3)15(5)29-22(17)23-11-27(20)26-19/h6-12,14,18H,1-5H3,(H,24,28). The van der Waals surface area contributed by atoms with E-state index < -0.39 is 0 Å². The van der Waals surface area contributed by atoms with Gasteiger partial charge in [-0.3, -0.25) is 4.79 Å². The lowest BCUT2D eigenvalue weighted by Crippen LogP contribution is -2.35. The number of hydrogen-bond acceptors (Lipinski definition) is 5. The predicted molar refractivity (Wildman–Crippen MR) is 111 cm³/mol. The zero-order valence-electron chi connectivity index (χ0n) is 17.3. The molecule has 7 heteroatoms. The molecule has 150 valence electrons. The molecule has 1 N–H and O–H groups in total. The first-order chi connectivity index (χ1) is 13.9. The number of hydrogen-bond donors (Lipinski definition) is 1. The van der Waals surface area contributed by atoms with Crippen LogP contribution in [0.3, 0.4) is 0 Å². The molecule has 0 aliphatic heterocycles. The maximum absolute atomic E-state index is 12.9. The second-order valence-corrected chi connectivity index (χ2v) is 7.81. The SMILES string of the molecule is Cc1oc2ncn3nc(C(NC(=O)C(C)c4ccccc4)C(C)C)nc3c2c1C. The van der Waals surface area contributed by atoms with E-state index >= 15 is 0 Å². The molecule has 4 aromatic rings. The van der Waals surface area contributed by atoms with Gasteiger partial charge in [-0.2, -0.15) is 0 Å². The Morgan fingerprint density at radius 3 is 2.55 bits per heavy atom. The first-order valence-electron chi connectivity index (χ1n) is 9.83. The Morgan fingerprint density at radius 1 is 1.14 bits per heavy atom. The number of furan rings is 1. The van der Waals surface area contributed by atoms with Crippen LogP contribution in [0.15, 0.2) is 41.1 Å². The molecule has 3 aromatic heterocycles. The van der Waals surface area contributed by atoms with Gasteiger partial charge in [0.25, 0.3) is 0 Å². The summed E-state index contributed by atoms with van der Waals surface area (Å²) in [5.41, 5.74) is 3.22. The maximum Gasteiger partial charge on any atom is 0.231 e. The van der Waals surface area contributed by atoms with E-state index in [9.17, 15) is 4.79 Å². The van der Waals surface area contributed by atoms with Crippen molar-refractivity contribution in [1.29, 1.82) is 0 Å². The number of carbonyl (C=O) groups is 1. The molecular formula is C22H25N5O2. The van der Waals surface area contributed by atoms with Gasteiger partial charge in [0.15, 0.2) is 11.5 Å². The molecule has 0 saturated carbocycles. The monoisotopic (exact) mass is 391 g/mol. The minimum Gasteiger partial charge on any atom is -0.443 e.